The molecule has 1 atom stereocenters. The van der Waals surface area contributed by atoms with Crippen molar-refractivity contribution in [1.82, 2.24) is 10.2 Å². The molecule has 148 valence electrons. The Balaban J connectivity index is 1.85. The Hall–Kier alpha value is -2.86. The van der Waals surface area contributed by atoms with Crippen molar-refractivity contribution in [3.63, 3.8) is 0 Å². The molecule has 0 fully saturated rings. The van der Waals surface area contributed by atoms with Gasteiger partial charge in [0, 0.05) is 25.2 Å². The minimum atomic E-state index is -0.365. The molecule has 1 heterocycles. The van der Waals surface area contributed by atoms with Crippen LogP contribution in [-0.4, -0.2) is 44.7 Å². The fraction of sp³-hybridized carbons (Fsp3) is 0.318. The number of nitrogens with one attached hydrogen (secondary N) is 1. The van der Waals surface area contributed by atoms with Crippen molar-refractivity contribution in [2.24, 2.45) is 0 Å². The van der Waals surface area contributed by atoms with E-state index in [1.54, 1.807) is 14.2 Å². The Bertz CT molecular complexity index is 852. The Morgan fingerprint density at radius 1 is 1.25 bits per heavy atom. The Morgan fingerprint density at radius 2 is 1.93 bits per heavy atom. The van der Waals surface area contributed by atoms with Crippen LogP contribution in [0.5, 0.6) is 11.5 Å². The van der Waals surface area contributed by atoms with Gasteiger partial charge in [0.15, 0.2) is 11.5 Å². The fourth-order valence-electron chi connectivity index (χ4n) is 3.60. The average molecular weight is 384 g/mol. The van der Waals surface area contributed by atoms with Gasteiger partial charge in [0.25, 0.3) is 5.91 Å². The second-order valence-electron chi connectivity index (χ2n) is 6.67. The summed E-state index contributed by atoms with van der Waals surface area (Å²) >= 11 is 0. The molecule has 2 aromatic rings. The van der Waals surface area contributed by atoms with E-state index in [2.05, 4.69) is 16.8 Å². The lowest BCUT2D eigenvalue weighted by atomic mass is 9.91. The normalized spacial score (nSPS) is 16.2. The van der Waals surface area contributed by atoms with Gasteiger partial charge >= 0.3 is 0 Å². The van der Waals surface area contributed by atoms with Gasteiger partial charge in [-0.1, -0.05) is 6.08 Å². The number of hydrogen-bond acceptors (Lipinski definition) is 4. The van der Waals surface area contributed by atoms with Crippen molar-refractivity contribution < 1.29 is 18.7 Å². The van der Waals surface area contributed by atoms with Crippen LogP contribution in [0.4, 0.5) is 4.39 Å². The number of carbonyl (C=O) groups excluding carboxylic acids is 1. The zero-order chi connectivity index (χ0) is 20.1. The summed E-state index contributed by atoms with van der Waals surface area (Å²) in [6, 6.07) is 9.50. The highest BCUT2D eigenvalue weighted by molar-refractivity contribution is 5.94. The van der Waals surface area contributed by atoms with E-state index < -0.39 is 0 Å². The molecule has 0 spiro atoms. The van der Waals surface area contributed by atoms with Crippen LogP contribution >= 0.6 is 0 Å². The molecule has 1 aliphatic heterocycles. The van der Waals surface area contributed by atoms with E-state index in [1.807, 2.05) is 18.2 Å². The quantitative estimate of drug-likeness (QED) is 0.744. The van der Waals surface area contributed by atoms with Gasteiger partial charge < -0.3 is 14.8 Å². The van der Waals surface area contributed by atoms with Gasteiger partial charge in [0.2, 0.25) is 0 Å². The molecule has 0 unspecified atom stereocenters. The van der Waals surface area contributed by atoms with E-state index in [0.29, 0.717) is 30.2 Å². The van der Waals surface area contributed by atoms with E-state index in [0.717, 1.165) is 18.5 Å². The molecule has 6 heteroatoms. The molecule has 1 aliphatic rings. The summed E-state index contributed by atoms with van der Waals surface area (Å²) in [6.45, 7) is 5.84. The minimum Gasteiger partial charge on any atom is -0.493 e. The summed E-state index contributed by atoms with van der Waals surface area (Å²) in [4.78, 5) is 14.8. The fourth-order valence-corrected chi connectivity index (χ4v) is 3.60. The Kier molecular flexibility index (Phi) is 6.31. The van der Waals surface area contributed by atoms with E-state index in [1.165, 1.54) is 29.8 Å². The highest BCUT2D eigenvalue weighted by atomic mass is 19.1. The van der Waals surface area contributed by atoms with Crippen LogP contribution in [0.1, 0.15) is 27.5 Å². The van der Waals surface area contributed by atoms with Gasteiger partial charge in [-0.2, -0.15) is 0 Å². The van der Waals surface area contributed by atoms with Crippen LogP contribution in [0.3, 0.4) is 0 Å². The molecule has 3 rings (SSSR count). The molecule has 0 saturated carbocycles. The van der Waals surface area contributed by atoms with E-state index in [-0.39, 0.29) is 17.8 Å². The van der Waals surface area contributed by atoms with Crippen LogP contribution in [0, 0.1) is 5.82 Å². The second kappa shape index (κ2) is 8.89. The predicted octanol–water partition coefficient (Wildman–Crippen LogP) is 3.36. The monoisotopic (exact) mass is 384 g/mol. The van der Waals surface area contributed by atoms with Gasteiger partial charge in [-0.05, 0) is 53.9 Å². The number of methoxy groups -OCH3 is 2. The first-order chi connectivity index (χ1) is 13.6. The van der Waals surface area contributed by atoms with Crippen molar-refractivity contribution in [2.45, 2.75) is 12.5 Å². The molecule has 2 aromatic carbocycles. The van der Waals surface area contributed by atoms with Gasteiger partial charge in [-0.15, -0.1) is 6.58 Å². The van der Waals surface area contributed by atoms with Gasteiger partial charge in [0.1, 0.15) is 5.82 Å². The third-order valence-corrected chi connectivity index (χ3v) is 5.04. The van der Waals surface area contributed by atoms with Gasteiger partial charge in [0.05, 0.1) is 20.3 Å². The number of amides is 1. The maximum Gasteiger partial charge on any atom is 0.251 e. The third kappa shape index (κ3) is 4.17. The molecule has 5 nitrogen and oxygen atoms in total. The number of ether oxygens (including phenoxy) is 2. The zero-order valence-electron chi connectivity index (χ0n) is 16.2. The summed E-state index contributed by atoms with van der Waals surface area (Å²) in [6.07, 6.45) is 2.74. The first kappa shape index (κ1) is 19.9. The number of carbonyl (C=O) groups is 1. The molecule has 0 bridgehead atoms. The molecule has 0 aromatic heterocycles. The van der Waals surface area contributed by atoms with E-state index >= 15 is 0 Å². The molecular formula is C22H25FN2O3. The van der Waals surface area contributed by atoms with Crippen LogP contribution < -0.4 is 14.8 Å². The van der Waals surface area contributed by atoms with Crippen molar-refractivity contribution in [3.05, 3.63) is 71.6 Å². The van der Waals surface area contributed by atoms with Crippen molar-refractivity contribution >= 4 is 5.91 Å². The Labute approximate surface area is 164 Å². The summed E-state index contributed by atoms with van der Waals surface area (Å²) in [7, 11) is 3.23. The number of rotatable bonds is 7. The highest BCUT2D eigenvalue weighted by Gasteiger charge is 2.29. The molecule has 0 radical (unpaired) electrons. The largest absolute Gasteiger partial charge is 0.493 e. The van der Waals surface area contributed by atoms with Crippen molar-refractivity contribution in [3.8, 4) is 11.5 Å². The van der Waals surface area contributed by atoms with E-state index in [4.69, 9.17) is 9.47 Å². The number of benzene rings is 2. The smallest absolute Gasteiger partial charge is 0.251 e. The summed E-state index contributed by atoms with van der Waals surface area (Å²) < 4.78 is 24.0. The predicted molar refractivity (Wildman–Crippen MR) is 106 cm³/mol. The molecule has 0 saturated heterocycles. The summed E-state index contributed by atoms with van der Waals surface area (Å²) in [5, 5.41) is 2.97. The van der Waals surface area contributed by atoms with Gasteiger partial charge in [-0.25, -0.2) is 4.39 Å². The standard InChI is InChI=1S/C22H25FN2O3/c1-4-10-25-11-9-16-12-20(27-2)21(28-3)13-18(16)19(25)14-24-22(26)15-5-7-17(23)8-6-15/h4-8,12-13,19H,1,9-11,14H2,2-3H3,(H,24,26)/t19-/m1/s1. The maximum absolute atomic E-state index is 13.1. The number of nitrogens with zero attached hydrogens (tertiary/aromatic N) is 1. The second-order valence-corrected chi connectivity index (χ2v) is 6.67. The third-order valence-electron chi connectivity index (χ3n) is 5.04. The molecule has 28 heavy (non-hydrogen) atoms. The van der Waals surface area contributed by atoms with Crippen molar-refractivity contribution in [2.75, 3.05) is 33.9 Å². The SMILES string of the molecule is C=CCN1CCc2cc(OC)c(OC)cc2[C@H]1CNC(=O)c1ccc(F)cc1. The molecular weight excluding hydrogens is 359 g/mol. The van der Waals surface area contributed by atoms with Crippen LogP contribution in [0.15, 0.2) is 49.1 Å². The minimum absolute atomic E-state index is 0.0223. The number of fused-ring (bicyclic) bond motifs is 1. The lowest BCUT2D eigenvalue weighted by Crippen LogP contribution is -2.42. The van der Waals surface area contributed by atoms with Crippen LogP contribution in [-0.2, 0) is 6.42 Å². The summed E-state index contributed by atoms with van der Waals surface area (Å²) in [5.74, 6) is 0.770. The van der Waals surface area contributed by atoms with Crippen LogP contribution in [0.25, 0.3) is 0 Å². The maximum atomic E-state index is 13.1. The lowest BCUT2D eigenvalue weighted by molar-refractivity contribution is 0.0932. The molecule has 1 N–H and O–H groups in total. The average Bonchev–Trinajstić information content (AvgIpc) is 2.72. The van der Waals surface area contributed by atoms with Crippen molar-refractivity contribution in [1.29, 1.82) is 0 Å². The zero-order valence-corrected chi connectivity index (χ0v) is 16.2. The Morgan fingerprint density at radius 3 is 2.57 bits per heavy atom. The molecule has 0 aliphatic carbocycles. The number of hydrogen-bond donors (Lipinski definition) is 1. The highest BCUT2D eigenvalue weighted by Crippen LogP contribution is 2.37. The first-order valence-corrected chi connectivity index (χ1v) is 9.21. The molecule has 1 amide bonds. The topological polar surface area (TPSA) is 50.8 Å². The lowest BCUT2D eigenvalue weighted by Gasteiger charge is -2.37. The summed E-state index contributed by atoms with van der Waals surface area (Å²) in [5.41, 5.74) is 2.71. The number of halogens is 1. The first-order valence-electron chi connectivity index (χ1n) is 9.21. The van der Waals surface area contributed by atoms with E-state index in [9.17, 15) is 9.18 Å². The van der Waals surface area contributed by atoms with Gasteiger partial charge in [-0.3, -0.25) is 9.69 Å². The van der Waals surface area contributed by atoms with Crippen LogP contribution in [0.2, 0.25) is 0 Å².